The van der Waals surface area contributed by atoms with E-state index in [1.807, 2.05) is 24.3 Å². The molecule has 0 aliphatic rings. The van der Waals surface area contributed by atoms with Crippen LogP contribution >= 0.6 is 27.7 Å². The summed E-state index contributed by atoms with van der Waals surface area (Å²) in [7, 11) is 1.58. The fraction of sp³-hybridized carbons (Fsp3) is 0.231. The molecule has 0 spiro atoms. The summed E-state index contributed by atoms with van der Waals surface area (Å²) in [5, 5.41) is 0.613. The number of halogens is 1. The van der Waals surface area contributed by atoms with Crippen LogP contribution in [0.15, 0.2) is 44.8 Å². The number of hydrogen-bond acceptors (Lipinski definition) is 4. The average Bonchev–Trinajstić information content (AvgIpc) is 2.38. The van der Waals surface area contributed by atoms with E-state index in [-0.39, 0.29) is 5.56 Å². The number of methoxy groups -OCH3 is 1. The molecule has 0 bridgehead atoms. The maximum absolute atomic E-state index is 11.5. The maximum atomic E-state index is 11.5. The molecule has 0 atom stereocenters. The van der Waals surface area contributed by atoms with Gasteiger partial charge in [-0.1, -0.05) is 39.8 Å². The van der Waals surface area contributed by atoms with Gasteiger partial charge in [-0.05, 0) is 17.7 Å². The quantitative estimate of drug-likeness (QED) is 0.671. The Morgan fingerprint density at radius 2 is 2.11 bits per heavy atom. The van der Waals surface area contributed by atoms with Crippen molar-refractivity contribution in [2.75, 3.05) is 7.11 Å². The van der Waals surface area contributed by atoms with E-state index in [9.17, 15) is 4.79 Å². The van der Waals surface area contributed by atoms with Crippen molar-refractivity contribution >= 4 is 27.7 Å². The molecule has 0 radical (unpaired) electrons. The minimum atomic E-state index is -0.152. The third-order valence-electron chi connectivity index (χ3n) is 2.35. The lowest BCUT2D eigenvalue weighted by Crippen LogP contribution is -2.10. The first-order valence-corrected chi connectivity index (χ1v) is 7.41. The highest BCUT2D eigenvalue weighted by Gasteiger charge is 2.03. The van der Waals surface area contributed by atoms with Crippen molar-refractivity contribution < 1.29 is 4.74 Å². The van der Waals surface area contributed by atoms with E-state index in [1.54, 1.807) is 7.11 Å². The number of benzene rings is 1. The van der Waals surface area contributed by atoms with Crippen molar-refractivity contribution in [3.8, 4) is 0 Å². The summed E-state index contributed by atoms with van der Waals surface area (Å²) in [6.45, 7) is 0.343. The van der Waals surface area contributed by atoms with Crippen LogP contribution in [0, 0.1) is 0 Å². The average molecular weight is 341 g/mol. The first-order valence-electron chi connectivity index (χ1n) is 5.64. The number of thioether (sulfide) groups is 1. The normalized spacial score (nSPS) is 10.6. The number of nitrogens with zero attached hydrogens (tertiary/aromatic N) is 1. The van der Waals surface area contributed by atoms with Crippen LogP contribution < -0.4 is 5.56 Å². The van der Waals surface area contributed by atoms with Gasteiger partial charge in [-0.3, -0.25) is 4.79 Å². The van der Waals surface area contributed by atoms with Gasteiger partial charge in [0, 0.05) is 23.4 Å². The molecule has 0 amide bonds. The highest BCUT2D eigenvalue weighted by atomic mass is 79.9. The summed E-state index contributed by atoms with van der Waals surface area (Å²) in [6.07, 6.45) is 0. The lowest BCUT2D eigenvalue weighted by atomic mass is 10.2. The van der Waals surface area contributed by atoms with Gasteiger partial charge in [0.25, 0.3) is 5.56 Å². The molecule has 0 aliphatic carbocycles. The van der Waals surface area contributed by atoms with Gasteiger partial charge in [-0.15, -0.1) is 0 Å². The number of nitrogens with one attached hydrogen (secondary N) is 1. The zero-order valence-corrected chi connectivity index (χ0v) is 12.8. The second-order valence-corrected chi connectivity index (χ2v) is 5.77. The Bertz CT molecular complexity index is 598. The largest absolute Gasteiger partial charge is 0.378 e. The third kappa shape index (κ3) is 4.49. The van der Waals surface area contributed by atoms with Gasteiger partial charge in [0.15, 0.2) is 5.16 Å². The number of hydrogen-bond donors (Lipinski definition) is 1. The van der Waals surface area contributed by atoms with Crippen LogP contribution in [0.4, 0.5) is 0 Å². The Balaban J connectivity index is 2.06. The molecule has 0 fully saturated rings. The molecule has 1 aromatic heterocycles. The molecule has 19 heavy (non-hydrogen) atoms. The predicted octanol–water partition coefficient (Wildman–Crippen LogP) is 2.97. The van der Waals surface area contributed by atoms with E-state index >= 15 is 0 Å². The molecular weight excluding hydrogens is 328 g/mol. The Morgan fingerprint density at radius 1 is 1.37 bits per heavy atom. The third-order valence-corrected chi connectivity index (χ3v) is 3.83. The van der Waals surface area contributed by atoms with Crippen LogP contribution in [0.5, 0.6) is 0 Å². The molecule has 1 aromatic carbocycles. The van der Waals surface area contributed by atoms with E-state index in [1.165, 1.54) is 23.4 Å². The molecule has 4 nitrogen and oxygen atoms in total. The van der Waals surface area contributed by atoms with E-state index in [0.717, 1.165) is 10.2 Å². The molecule has 6 heteroatoms. The van der Waals surface area contributed by atoms with Crippen LogP contribution in [0.25, 0.3) is 0 Å². The summed E-state index contributed by atoms with van der Waals surface area (Å²) in [5.74, 6) is 0.757. The topological polar surface area (TPSA) is 55.0 Å². The number of H-pyrrole nitrogens is 1. The molecule has 0 saturated heterocycles. The Labute approximate surface area is 123 Å². The van der Waals surface area contributed by atoms with Gasteiger partial charge in [-0.2, -0.15) is 0 Å². The van der Waals surface area contributed by atoms with Crippen LogP contribution in [-0.2, 0) is 17.1 Å². The summed E-state index contributed by atoms with van der Waals surface area (Å²) in [5.41, 5.74) is 1.66. The second-order valence-electron chi connectivity index (χ2n) is 3.89. The van der Waals surface area contributed by atoms with Gasteiger partial charge >= 0.3 is 0 Å². The maximum Gasteiger partial charge on any atom is 0.251 e. The highest BCUT2D eigenvalue weighted by molar-refractivity contribution is 9.10. The predicted molar refractivity (Wildman–Crippen MR) is 79.3 cm³/mol. The Kier molecular flexibility index (Phi) is 5.18. The van der Waals surface area contributed by atoms with Crippen molar-refractivity contribution in [2.24, 2.45) is 0 Å². The molecule has 100 valence electrons. The SMILES string of the molecule is COCc1cc(=O)[nH]c(SCc2ccc(Br)cc2)n1. The van der Waals surface area contributed by atoms with Gasteiger partial charge in [-0.25, -0.2) is 4.98 Å². The number of rotatable bonds is 5. The lowest BCUT2D eigenvalue weighted by molar-refractivity contribution is 0.180. The van der Waals surface area contributed by atoms with E-state index in [0.29, 0.717) is 17.5 Å². The minimum absolute atomic E-state index is 0.152. The van der Waals surface area contributed by atoms with E-state index < -0.39 is 0 Å². The van der Waals surface area contributed by atoms with Crippen molar-refractivity contribution in [3.05, 3.63) is 56.4 Å². The number of ether oxygens (including phenoxy) is 1. The first-order chi connectivity index (χ1) is 9.17. The summed E-state index contributed by atoms with van der Waals surface area (Å²) < 4.78 is 6.03. The molecule has 1 heterocycles. The van der Waals surface area contributed by atoms with Crippen LogP contribution in [0.1, 0.15) is 11.3 Å². The molecule has 0 saturated carbocycles. The molecular formula is C13H13BrN2O2S. The van der Waals surface area contributed by atoms with E-state index in [4.69, 9.17) is 4.74 Å². The molecule has 0 unspecified atom stereocenters. The van der Waals surface area contributed by atoms with Crippen LogP contribution in [0.2, 0.25) is 0 Å². The monoisotopic (exact) mass is 340 g/mol. The summed E-state index contributed by atoms with van der Waals surface area (Å²) in [6, 6.07) is 9.51. The minimum Gasteiger partial charge on any atom is -0.378 e. The van der Waals surface area contributed by atoms with Gasteiger partial charge < -0.3 is 9.72 Å². The number of aromatic nitrogens is 2. The van der Waals surface area contributed by atoms with Crippen LogP contribution in [0.3, 0.4) is 0 Å². The zero-order valence-electron chi connectivity index (χ0n) is 10.4. The summed E-state index contributed by atoms with van der Waals surface area (Å²) >= 11 is 4.89. The highest BCUT2D eigenvalue weighted by Crippen LogP contribution is 2.20. The molecule has 2 rings (SSSR count). The zero-order chi connectivity index (χ0) is 13.7. The smallest absolute Gasteiger partial charge is 0.251 e. The first kappa shape index (κ1) is 14.3. The van der Waals surface area contributed by atoms with Crippen molar-refractivity contribution in [1.82, 2.24) is 9.97 Å². The summed E-state index contributed by atoms with van der Waals surface area (Å²) in [4.78, 5) is 18.5. The molecule has 2 aromatic rings. The molecule has 0 aliphatic heterocycles. The van der Waals surface area contributed by atoms with Gasteiger partial charge in [0.1, 0.15) is 0 Å². The van der Waals surface area contributed by atoms with E-state index in [2.05, 4.69) is 25.9 Å². The standard InChI is InChI=1S/C13H13BrN2O2S/c1-18-7-11-6-12(17)16-13(15-11)19-8-9-2-4-10(14)5-3-9/h2-6H,7-8H2,1H3,(H,15,16,17). The van der Waals surface area contributed by atoms with Gasteiger partial charge in [0.05, 0.1) is 12.3 Å². The fourth-order valence-electron chi connectivity index (χ4n) is 1.51. The molecule has 1 N–H and O–H groups in total. The Morgan fingerprint density at radius 3 is 2.79 bits per heavy atom. The van der Waals surface area contributed by atoms with Crippen molar-refractivity contribution in [2.45, 2.75) is 17.5 Å². The van der Waals surface area contributed by atoms with Crippen molar-refractivity contribution in [3.63, 3.8) is 0 Å². The second kappa shape index (κ2) is 6.88. The van der Waals surface area contributed by atoms with Crippen molar-refractivity contribution in [1.29, 1.82) is 0 Å². The fourth-order valence-corrected chi connectivity index (χ4v) is 2.62. The number of aromatic amines is 1. The van der Waals surface area contributed by atoms with Gasteiger partial charge in [0.2, 0.25) is 0 Å². The lowest BCUT2D eigenvalue weighted by Gasteiger charge is -2.04. The Hall–Kier alpha value is -1.11. The van der Waals surface area contributed by atoms with Crippen LogP contribution in [-0.4, -0.2) is 17.1 Å².